The molecule has 2 aliphatic rings. The van der Waals surface area contributed by atoms with Crippen LogP contribution in [0, 0.1) is 25.7 Å². The molecule has 8 nitrogen and oxygen atoms in total. The Labute approximate surface area is 207 Å². The van der Waals surface area contributed by atoms with E-state index in [4.69, 9.17) is 23.1 Å². The van der Waals surface area contributed by atoms with Gasteiger partial charge in [0.1, 0.15) is 0 Å². The second-order valence-corrected chi connectivity index (χ2v) is 8.91. The number of amides is 2. The fourth-order valence-corrected chi connectivity index (χ4v) is 4.02. The zero-order valence-electron chi connectivity index (χ0n) is 20.1. The van der Waals surface area contributed by atoms with Crippen LogP contribution in [0.5, 0.6) is 0 Å². The Balaban J connectivity index is 0.000000274. The van der Waals surface area contributed by atoms with Crippen molar-refractivity contribution in [1.82, 2.24) is 10.3 Å². The Bertz CT molecular complexity index is 877. The van der Waals surface area contributed by atoms with Crippen LogP contribution in [0.15, 0.2) is 42.7 Å². The number of primary amides is 2. The number of hydrogen-bond donors (Lipinski definition) is 3. The van der Waals surface area contributed by atoms with E-state index in [2.05, 4.69) is 22.1 Å². The molecule has 2 fully saturated rings. The van der Waals surface area contributed by atoms with Crippen molar-refractivity contribution in [1.29, 1.82) is 0 Å². The second-order valence-electron chi connectivity index (χ2n) is 8.50. The molecule has 0 saturated carbocycles. The lowest BCUT2D eigenvalue weighted by molar-refractivity contribution is -0.123. The number of nitrogens with two attached hydrogens (primary N) is 2. The van der Waals surface area contributed by atoms with Gasteiger partial charge in [0, 0.05) is 48.0 Å². The largest absolute Gasteiger partial charge is 0.412 e. The molecule has 0 aliphatic carbocycles. The third kappa shape index (κ3) is 9.67. The fraction of sp³-hybridized carbons (Fsp3) is 0.480. The average Bonchev–Trinajstić information content (AvgIpc) is 2.83. The number of carbonyl (C=O) groups excluding carboxylic acids is 2. The summed E-state index contributed by atoms with van der Waals surface area (Å²) >= 11 is 5.71. The molecule has 2 saturated heterocycles. The van der Waals surface area contributed by atoms with Crippen molar-refractivity contribution in [2.24, 2.45) is 23.3 Å². The molecule has 3 heterocycles. The lowest BCUT2D eigenvalue weighted by Gasteiger charge is -2.33. The van der Waals surface area contributed by atoms with Crippen LogP contribution in [-0.4, -0.2) is 48.5 Å². The monoisotopic (exact) mass is 491 g/mol. The molecular weight excluding hydrogens is 454 g/mol. The lowest BCUT2D eigenvalue weighted by atomic mass is 9.96. The summed E-state index contributed by atoms with van der Waals surface area (Å²) in [7, 11) is 0. The minimum atomic E-state index is -0.161. The van der Waals surface area contributed by atoms with Crippen LogP contribution in [-0.2, 0) is 9.59 Å². The minimum Gasteiger partial charge on any atom is -0.412 e. The standard InChI is InChI=1S/C12H17N3O.C7H7Cl.C6H12N2O.H2O/c1-9-8-14-5-2-11(9)15-6-3-10(4-7-15)12(13)16;1-6-4-2-3-5-7(6)8;7-6(9)5-1-3-8-4-2-5;/h2,5,8,10H,3-4,6-7H2,1H3,(H2,13,16);2-5H,1H3;5,8H,1-4H2,(H2,7,9);1H2. The van der Waals surface area contributed by atoms with Crippen LogP contribution in [0.4, 0.5) is 5.69 Å². The first-order valence-electron chi connectivity index (χ1n) is 11.5. The highest BCUT2D eigenvalue weighted by Gasteiger charge is 2.23. The minimum absolute atomic E-state index is 0. The maximum absolute atomic E-state index is 11.1. The summed E-state index contributed by atoms with van der Waals surface area (Å²) in [5.41, 5.74) is 13.9. The van der Waals surface area contributed by atoms with E-state index >= 15 is 0 Å². The van der Waals surface area contributed by atoms with Gasteiger partial charge in [-0.05, 0) is 75.9 Å². The van der Waals surface area contributed by atoms with Gasteiger partial charge >= 0.3 is 0 Å². The number of hydrogen-bond acceptors (Lipinski definition) is 5. The van der Waals surface area contributed by atoms with Crippen molar-refractivity contribution in [3.8, 4) is 0 Å². The van der Waals surface area contributed by atoms with E-state index in [1.807, 2.05) is 49.6 Å². The summed E-state index contributed by atoms with van der Waals surface area (Å²) in [4.78, 5) is 28.0. The Morgan fingerprint density at radius 3 is 1.94 bits per heavy atom. The van der Waals surface area contributed by atoms with Crippen LogP contribution in [0.3, 0.4) is 0 Å². The van der Waals surface area contributed by atoms with Gasteiger partial charge in [-0.1, -0.05) is 29.8 Å². The highest BCUT2D eigenvalue weighted by Crippen LogP contribution is 2.25. The highest BCUT2D eigenvalue weighted by molar-refractivity contribution is 6.31. The summed E-state index contributed by atoms with van der Waals surface area (Å²) in [5.74, 6) is -0.118. The quantitative estimate of drug-likeness (QED) is 0.603. The van der Waals surface area contributed by atoms with Crippen molar-refractivity contribution in [2.75, 3.05) is 31.1 Å². The van der Waals surface area contributed by atoms with E-state index in [9.17, 15) is 9.59 Å². The number of rotatable bonds is 3. The maximum atomic E-state index is 11.1. The molecule has 188 valence electrons. The van der Waals surface area contributed by atoms with Gasteiger partial charge in [0.25, 0.3) is 0 Å². The van der Waals surface area contributed by atoms with Crippen molar-refractivity contribution in [2.45, 2.75) is 39.5 Å². The maximum Gasteiger partial charge on any atom is 0.220 e. The van der Waals surface area contributed by atoms with E-state index in [-0.39, 0.29) is 29.1 Å². The number of benzene rings is 1. The van der Waals surface area contributed by atoms with E-state index in [1.165, 1.54) is 11.3 Å². The summed E-state index contributed by atoms with van der Waals surface area (Å²) in [6, 6.07) is 9.80. The Hall–Kier alpha value is -2.68. The van der Waals surface area contributed by atoms with Crippen LogP contribution in [0.2, 0.25) is 5.02 Å². The average molecular weight is 492 g/mol. The zero-order chi connectivity index (χ0) is 24.2. The fourth-order valence-electron chi connectivity index (χ4n) is 3.88. The predicted molar refractivity (Wildman–Crippen MR) is 138 cm³/mol. The summed E-state index contributed by atoms with van der Waals surface area (Å²) in [6.07, 6.45) is 7.22. The number of nitrogens with one attached hydrogen (secondary N) is 1. The van der Waals surface area contributed by atoms with Gasteiger partial charge in [-0.15, -0.1) is 0 Å². The molecule has 7 N–H and O–H groups in total. The van der Waals surface area contributed by atoms with Gasteiger partial charge < -0.3 is 27.2 Å². The normalized spacial score (nSPS) is 16.1. The van der Waals surface area contributed by atoms with Gasteiger partial charge in [-0.2, -0.15) is 0 Å². The Kier molecular flexibility index (Phi) is 13.2. The molecular formula is C25H38ClN5O3. The first-order valence-corrected chi connectivity index (χ1v) is 11.8. The van der Waals surface area contributed by atoms with E-state index in [0.717, 1.165) is 62.4 Å². The number of pyridine rings is 1. The predicted octanol–water partition coefficient (Wildman–Crippen LogP) is 2.39. The number of anilines is 1. The molecule has 0 radical (unpaired) electrons. The summed E-state index contributed by atoms with van der Waals surface area (Å²) < 4.78 is 0. The summed E-state index contributed by atoms with van der Waals surface area (Å²) in [5, 5.41) is 4.00. The number of aromatic nitrogens is 1. The first-order chi connectivity index (χ1) is 15.8. The van der Waals surface area contributed by atoms with Crippen molar-refractivity contribution < 1.29 is 15.1 Å². The first kappa shape index (κ1) is 29.4. The van der Waals surface area contributed by atoms with Crippen LogP contribution < -0.4 is 21.7 Å². The molecule has 9 heteroatoms. The number of aryl methyl sites for hydroxylation is 2. The molecule has 4 rings (SSSR count). The van der Waals surface area contributed by atoms with Gasteiger partial charge in [-0.3, -0.25) is 14.6 Å². The molecule has 34 heavy (non-hydrogen) atoms. The Morgan fingerprint density at radius 1 is 0.941 bits per heavy atom. The third-order valence-electron chi connectivity index (χ3n) is 6.05. The Morgan fingerprint density at radius 2 is 1.50 bits per heavy atom. The highest BCUT2D eigenvalue weighted by atomic mass is 35.5. The number of piperidine rings is 2. The topological polar surface area (TPSA) is 146 Å². The summed E-state index contributed by atoms with van der Waals surface area (Å²) in [6.45, 7) is 7.73. The smallest absolute Gasteiger partial charge is 0.220 e. The van der Waals surface area contributed by atoms with Crippen molar-refractivity contribution in [3.05, 3.63) is 58.9 Å². The molecule has 0 unspecified atom stereocenters. The third-order valence-corrected chi connectivity index (χ3v) is 6.47. The van der Waals surface area contributed by atoms with Gasteiger partial charge in [0.05, 0.1) is 0 Å². The molecule has 2 amide bonds. The molecule has 1 aromatic heterocycles. The number of halogens is 1. The molecule has 0 atom stereocenters. The molecule has 1 aromatic carbocycles. The number of nitrogens with zero attached hydrogens (tertiary/aromatic N) is 2. The van der Waals surface area contributed by atoms with Gasteiger partial charge in [0.15, 0.2) is 0 Å². The van der Waals surface area contributed by atoms with Crippen LogP contribution in [0.1, 0.15) is 36.8 Å². The van der Waals surface area contributed by atoms with Gasteiger partial charge in [0.2, 0.25) is 11.8 Å². The van der Waals surface area contributed by atoms with E-state index in [1.54, 1.807) is 0 Å². The number of carbonyl (C=O) groups is 2. The van der Waals surface area contributed by atoms with Crippen LogP contribution in [0.25, 0.3) is 0 Å². The molecule has 0 bridgehead atoms. The second kappa shape index (κ2) is 15.3. The lowest BCUT2D eigenvalue weighted by Crippen LogP contribution is -2.38. The van der Waals surface area contributed by atoms with Crippen molar-refractivity contribution in [3.63, 3.8) is 0 Å². The molecule has 2 aromatic rings. The SMILES string of the molecule is Cc1ccccc1Cl.Cc1cnccc1N1CCC(C(N)=O)CC1.NC(=O)C1CCNCC1.O. The molecule has 2 aliphatic heterocycles. The van der Waals surface area contributed by atoms with Gasteiger partial charge in [-0.25, -0.2) is 0 Å². The van der Waals surface area contributed by atoms with Crippen LogP contribution >= 0.6 is 11.6 Å². The zero-order valence-corrected chi connectivity index (χ0v) is 20.9. The van der Waals surface area contributed by atoms with E-state index < -0.39 is 0 Å². The molecule has 0 spiro atoms. The van der Waals surface area contributed by atoms with Crippen molar-refractivity contribution >= 4 is 29.1 Å². The van der Waals surface area contributed by atoms with E-state index in [0.29, 0.717) is 0 Å².